The van der Waals surface area contributed by atoms with E-state index in [9.17, 15) is 19.7 Å². The first-order chi connectivity index (χ1) is 18.3. The minimum absolute atomic E-state index is 0.0415. The number of ether oxygens (including phenoxy) is 4. The van der Waals surface area contributed by atoms with Crippen molar-refractivity contribution in [2.24, 2.45) is 4.99 Å². The third kappa shape index (κ3) is 6.05. The number of benzene rings is 3. The molecule has 11 heteroatoms. The Morgan fingerprint density at radius 3 is 2.34 bits per heavy atom. The van der Waals surface area contributed by atoms with E-state index in [0.29, 0.717) is 27.5 Å². The lowest BCUT2D eigenvalue weighted by Gasteiger charge is -2.08. The van der Waals surface area contributed by atoms with Gasteiger partial charge in [0.1, 0.15) is 5.75 Å². The summed E-state index contributed by atoms with van der Waals surface area (Å²) in [5.74, 6) is -0.460. The van der Waals surface area contributed by atoms with E-state index < -0.39 is 16.9 Å². The molecule has 0 aliphatic carbocycles. The summed E-state index contributed by atoms with van der Waals surface area (Å²) in [5.41, 5.74) is 1.54. The predicted molar refractivity (Wildman–Crippen MR) is 139 cm³/mol. The van der Waals surface area contributed by atoms with E-state index >= 15 is 0 Å². The number of hydrogen-bond donors (Lipinski definition) is 0. The summed E-state index contributed by atoms with van der Waals surface area (Å²) in [4.78, 5) is 39.2. The zero-order valence-corrected chi connectivity index (χ0v) is 20.8. The molecule has 0 unspecified atom stereocenters. The maximum absolute atomic E-state index is 12.4. The quantitative estimate of drug-likeness (QED) is 0.126. The van der Waals surface area contributed by atoms with Gasteiger partial charge >= 0.3 is 11.9 Å². The predicted octanol–water partition coefficient (Wildman–Crippen LogP) is 5.23. The SMILES string of the molecule is COc1cc(/C=C2\N=C(c3cc(Cl)ccc3OC)OC2=O)ccc1OC(=O)/C=C/c1ccc([N+](=O)[O-])cc1. The molecule has 1 aliphatic rings. The Balaban J connectivity index is 1.50. The van der Waals surface area contributed by atoms with Crippen molar-refractivity contribution in [3.05, 3.63) is 104 Å². The fourth-order valence-corrected chi connectivity index (χ4v) is 3.57. The second kappa shape index (κ2) is 11.4. The molecule has 0 aromatic heterocycles. The van der Waals surface area contributed by atoms with E-state index in [0.717, 1.165) is 0 Å². The highest BCUT2D eigenvalue weighted by atomic mass is 35.5. The van der Waals surface area contributed by atoms with Gasteiger partial charge in [0.2, 0.25) is 5.90 Å². The fourth-order valence-electron chi connectivity index (χ4n) is 3.40. The van der Waals surface area contributed by atoms with Gasteiger partial charge in [-0.15, -0.1) is 0 Å². The second-order valence-corrected chi connectivity index (χ2v) is 8.13. The normalized spacial score (nSPS) is 13.8. The van der Waals surface area contributed by atoms with Crippen molar-refractivity contribution in [2.75, 3.05) is 14.2 Å². The van der Waals surface area contributed by atoms with Crippen molar-refractivity contribution in [3.8, 4) is 17.2 Å². The zero-order chi connectivity index (χ0) is 27.2. The highest BCUT2D eigenvalue weighted by Crippen LogP contribution is 2.31. The number of carbonyl (C=O) groups excluding carboxylic acids is 2. The first kappa shape index (κ1) is 26.1. The standard InChI is InChI=1S/C27H19ClN2O8/c1-35-22-11-7-18(28)15-20(22)26-29-21(27(32)38-26)13-17-5-10-23(24(14-17)36-2)37-25(31)12-6-16-3-8-19(9-4-16)30(33)34/h3-15H,1-2H3/b12-6+,21-13-. The molecule has 1 aliphatic heterocycles. The number of aliphatic imine (C=N–C) groups is 1. The van der Waals surface area contributed by atoms with Gasteiger partial charge < -0.3 is 18.9 Å². The number of cyclic esters (lactones) is 1. The van der Waals surface area contributed by atoms with Gasteiger partial charge in [-0.05, 0) is 65.7 Å². The first-order valence-electron chi connectivity index (χ1n) is 11.0. The van der Waals surface area contributed by atoms with Gasteiger partial charge in [0.25, 0.3) is 5.69 Å². The lowest BCUT2D eigenvalue weighted by Crippen LogP contribution is -2.07. The highest BCUT2D eigenvalue weighted by molar-refractivity contribution is 6.31. The van der Waals surface area contributed by atoms with Crippen molar-refractivity contribution in [1.29, 1.82) is 0 Å². The molecule has 0 radical (unpaired) electrons. The molecule has 0 bridgehead atoms. The molecule has 0 spiro atoms. The summed E-state index contributed by atoms with van der Waals surface area (Å²) in [6, 6.07) is 15.2. The van der Waals surface area contributed by atoms with Crippen LogP contribution in [0.15, 0.2) is 77.4 Å². The van der Waals surface area contributed by atoms with Crippen molar-refractivity contribution in [3.63, 3.8) is 0 Å². The second-order valence-electron chi connectivity index (χ2n) is 7.69. The Morgan fingerprint density at radius 2 is 1.66 bits per heavy atom. The van der Waals surface area contributed by atoms with E-state index in [4.69, 9.17) is 30.5 Å². The monoisotopic (exact) mass is 534 g/mol. The van der Waals surface area contributed by atoms with Crippen LogP contribution in [0.2, 0.25) is 5.02 Å². The molecule has 38 heavy (non-hydrogen) atoms. The molecule has 3 aromatic rings. The van der Waals surface area contributed by atoms with Gasteiger partial charge in [-0.3, -0.25) is 10.1 Å². The van der Waals surface area contributed by atoms with Crippen LogP contribution in [0.4, 0.5) is 5.69 Å². The van der Waals surface area contributed by atoms with Gasteiger partial charge in [-0.2, -0.15) is 0 Å². The number of hydrogen-bond acceptors (Lipinski definition) is 9. The molecule has 0 N–H and O–H groups in total. The van der Waals surface area contributed by atoms with E-state index in [1.54, 1.807) is 30.3 Å². The Hall–Kier alpha value is -4.96. The number of nitrogens with zero attached hydrogens (tertiary/aromatic N) is 2. The molecular weight excluding hydrogens is 516 g/mol. The third-order valence-electron chi connectivity index (χ3n) is 5.23. The van der Waals surface area contributed by atoms with Crippen LogP contribution >= 0.6 is 11.6 Å². The summed E-state index contributed by atoms with van der Waals surface area (Å²) in [6.07, 6.45) is 4.15. The van der Waals surface area contributed by atoms with Crippen LogP contribution in [0, 0.1) is 10.1 Å². The van der Waals surface area contributed by atoms with Gasteiger partial charge in [-0.25, -0.2) is 14.6 Å². The Labute approximate surface area is 221 Å². The summed E-state index contributed by atoms with van der Waals surface area (Å²) < 4.78 is 21.3. The number of rotatable bonds is 8. The molecule has 0 saturated heterocycles. The van der Waals surface area contributed by atoms with Crippen LogP contribution in [0.1, 0.15) is 16.7 Å². The smallest absolute Gasteiger partial charge is 0.363 e. The highest BCUT2D eigenvalue weighted by Gasteiger charge is 2.26. The minimum Gasteiger partial charge on any atom is -0.496 e. The van der Waals surface area contributed by atoms with Crippen LogP contribution in [0.5, 0.6) is 17.2 Å². The van der Waals surface area contributed by atoms with Crippen LogP contribution < -0.4 is 14.2 Å². The van der Waals surface area contributed by atoms with Crippen molar-refractivity contribution in [2.45, 2.75) is 0 Å². The Bertz CT molecular complexity index is 1510. The molecule has 10 nitrogen and oxygen atoms in total. The van der Waals surface area contributed by atoms with Gasteiger partial charge in [0.05, 0.1) is 24.7 Å². The van der Waals surface area contributed by atoms with E-state index in [-0.39, 0.29) is 28.8 Å². The number of non-ortho nitro benzene ring substituents is 1. The Kier molecular flexibility index (Phi) is 7.83. The van der Waals surface area contributed by atoms with Crippen molar-refractivity contribution < 1.29 is 33.5 Å². The fraction of sp³-hybridized carbons (Fsp3) is 0.0741. The topological polar surface area (TPSA) is 127 Å². The first-order valence-corrected chi connectivity index (χ1v) is 11.3. The number of nitro benzene ring substituents is 1. The summed E-state index contributed by atoms with van der Waals surface area (Å²) >= 11 is 6.06. The Morgan fingerprint density at radius 1 is 0.974 bits per heavy atom. The van der Waals surface area contributed by atoms with Gasteiger partial charge in [-0.1, -0.05) is 17.7 Å². The molecule has 192 valence electrons. The van der Waals surface area contributed by atoms with E-state index in [2.05, 4.69) is 4.99 Å². The lowest BCUT2D eigenvalue weighted by molar-refractivity contribution is -0.384. The maximum Gasteiger partial charge on any atom is 0.363 e. The molecule has 0 amide bonds. The molecule has 1 heterocycles. The van der Waals surface area contributed by atoms with Crippen molar-refractivity contribution >= 4 is 47.3 Å². The van der Waals surface area contributed by atoms with E-state index in [1.807, 2.05) is 0 Å². The average Bonchev–Trinajstić information content (AvgIpc) is 3.28. The number of esters is 2. The van der Waals surface area contributed by atoms with E-state index in [1.165, 1.54) is 62.8 Å². The van der Waals surface area contributed by atoms with Crippen LogP contribution in [-0.2, 0) is 14.3 Å². The third-order valence-corrected chi connectivity index (χ3v) is 5.46. The number of halogens is 1. The van der Waals surface area contributed by atoms with Gasteiger partial charge in [0, 0.05) is 23.2 Å². The minimum atomic E-state index is -0.683. The average molecular weight is 535 g/mol. The number of carbonyl (C=O) groups is 2. The lowest BCUT2D eigenvalue weighted by atomic mass is 10.1. The summed E-state index contributed by atoms with van der Waals surface area (Å²) in [5, 5.41) is 11.2. The van der Waals surface area contributed by atoms with Crippen LogP contribution in [-0.4, -0.2) is 37.0 Å². The van der Waals surface area contributed by atoms with Gasteiger partial charge in [0.15, 0.2) is 17.2 Å². The number of methoxy groups -OCH3 is 2. The van der Waals surface area contributed by atoms with Crippen molar-refractivity contribution in [1.82, 2.24) is 0 Å². The molecule has 4 rings (SSSR count). The largest absolute Gasteiger partial charge is 0.496 e. The summed E-state index contributed by atoms with van der Waals surface area (Å²) in [7, 11) is 2.88. The van der Waals surface area contributed by atoms with Crippen LogP contribution in [0.25, 0.3) is 12.2 Å². The van der Waals surface area contributed by atoms with Crippen LogP contribution in [0.3, 0.4) is 0 Å². The molecule has 0 saturated carbocycles. The zero-order valence-electron chi connectivity index (χ0n) is 20.0. The summed E-state index contributed by atoms with van der Waals surface area (Å²) in [6.45, 7) is 0. The molecule has 0 fully saturated rings. The molecular formula is C27H19ClN2O8. The molecule has 0 atom stereocenters. The number of nitro groups is 1. The molecule has 3 aromatic carbocycles. The maximum atomic E-state index is 12.4.